The quantitative estimate of drug-likeness (QED) is 0.828. The molecule has 0 fully saturated rings. The molecule has 0 saturated heterocycles. The Hall–Kier alpha value is -1.42. The molecule has 1 unspecified atom stereocenters. The van der Waals surface area contributed by atoms with Crippen LogP contribution in [0.2, 0.25) is 0 Å². The summed E-state index contributed by atoms with van der Waals surface area (Å²) in [6, 6.07) is 4.55. The largest absolute Gasteiger partial charge is 0.327 e. The van der Waals surface area contributed by atoms with Crippen molar-refractivity contribution >= 4 is 11.6 Å². The summed E-state index contributed by atoms with van der Waals surface area (Å²) in [5, 5.41) is 2.53. The highest BCUT2D eigenvalue weighted by Crippen LogP contribution is 2.15. The first kappa shape index (κ1) is 13.6. The standard InChI is InChI=1S/C13H19FN2O/c1-3-4-10(15)8-13(17)16-12-6-5-9(2)7-11(12)14/h5-7,10H,3-4,8,15H2,1-2H3,(H,16,17). The lowest BCUT2D eigenvalue weighted by atomic mass is 10.1. The highest BCUT2D eigenvalue weighted by atomic mass is 19.1. The van der Waals surface area contributed by atoms with Crippen molar-refractivity contribution in [3.63, 3.8) is 0 Å². The average Bonchev–Trinajstić information content (AvgIpc) is 2.22. The fraction of sp³-hybridized carbons (Fsp3) is 0.462. The van der Waals surface area contributed by atoms with Gasteiger partial charge >= 0.3 is 0 Å². The van der Waals surface area contributed by atoms with Crippen molar-refractivity contribution in [3.05, 3.63) is 29.6 Å². The molecular formula is C13H19FN2O. The zero-order valence-electron chi connectivity index (χ0n) is 10.3. The summed E-state index contributed by atoms with van der Waals surface area (Å²) in [7, 11) is 0. The zero-order valence-corrected chi connectivity index (χ0v) is 10.3. The second kappa shape index (κ2) is 6.35. The Kier molecular flexibility index (Phi) is 5.10. The second-order valence-corrected chi connectivity index (χ2v) is 4.28. The SMILES string of the molecule is CCCC(N)CC(=O)Nc1ccc(C)cc1F. The summed E-state index contributed by atoms with van der Waals surface area (Å²) in [5.74, 6) is -0.656. The van der Waals surface area contributed by atoms with Gasteiger partial charge in [-0.05, 0) is 31.0 Å². The summed E-state index contributed by atoms with van der Waals surface area (Å²) < 4.78 is 13.5. The van der Waals surface area contributed by atoms with E-state index in [2.05, 4.69) is 5.32 Å². The molecule has 0 spiro atoms. The molecule has 1 atom stereocenters. The minimum Gasteiger partial charge on any atom is -0.327 e. The normalized spacial score (nSPS) is 12.2. The van der Waals surface area contributed by atoms with Gasteiger partial charge in [0.05, 0.1) is 5.69 Å². The molecule has 94 valence electrons. The lowest BCUT2D eigenvalue weighted by Gasteiger charge is -2.11. The molecule has 0 aromatic heterocycles. The molecule has 4 heteroatoms. The van der Waals surface area contributed by atoms with Crippen molar-refractivity contribution in [2.75, 3.05) is 5.32 Å². The lowest BCUT2D eigenvalue weighted by molar-refractivity contribution is -0.116. The summed E-state index contributed by atoms with van der Waals surface area (Å²) in [5.41, 5.74) is 6.78. The summed E-state index contributed by atoms with van der Waals surface area (Å²) in [4.78, 5) is 11.6. The molecule has 0 heterocycles. The van der Waals surface area contributed by atoms with Crippen molar-refractivity contribution < 1.29 is 9.18 Å². The molecular weight excluding hydrogens is 219 g/mol. The third kappa shape index (κ3) is 4.53. The molecule has 3 N–H and O–H groups in total. The first-order valence-corrected chi connectivity index (χ1v) is 5.84. The maximum Gasteiger partial charge on any atom is 0.226 e. The monoisotopic (exact) mass is 238 g/mol. The van der Waals surface area contributed by atoms with Crippen LogP contribution >= 0.6 is 0 Å². The van der Waals surface area contributed by atoms with Crippen molar-refractivity contribution in [3.8, 4) is 0 Å². The van der Waals surface area contributed by atoms with Gasteiger partial charge in [-0.3, -0.25) is 4.79 Å². The minimum atomic E-state index is -0.414. The number of nitrogens with one attached hydrogen (secondary N) is 1. The maximum atomic E-state index is 13.5. The van der Waals surface area contributed by atoms with E-state index in [1.54, 1.807) is 19.1 Å². The van der Waals surface area contributed by atoms with Crippen LogP contribution < -0.4 is 11.1 Å². The van der Waals surface area contributed by atoms with Gasteiger partial charge in [-0.15, -0.1) is 0 Å². The van der Waals surface area contributed by atoms with Crippen LogP contribution in [0.5, 0.6) is 0 Å². The van der Waals surface area contributed by atoms with Crippen LogP contribution in [0.1, 0.15) is 31.7 Å². The molecule has 0 saturated carbocycles. The van der Waals surface area contributed by atoms with Crippen LogP contribution in [0.15, 0.2) is 18.2 Å². The van der Waals surface area contributed by atoms with Gasteiger partial charge in [0.1, 0.15) is 5.82 Å². The third-order valence-corrected chi connectivity index (χ3v) is 2.51. The van der Waals surface area contributed by atoms with Crippen LogP contribution in [-0.2, 0) is 4.79 Å². The molecule has 1 amide bonds. The van der Waals surface area contributed by atoms with Crippen LogP contribution in [0.25, 0.3) is 0 Å². The molecule has 0 aliphatic rings. The Labute approximate surface area is 101 Å². The van der Waals surface area contributed by atoms with Crippen LogP contribution in [-0.4, -0.2) is 11.9 Å². The minimum absolute atomic E-state index is 0.159. The average molecular weight is 238 g/mol. The fourth-order valence-electron chi connectivity index (χ4n) is 1.63. The van der Waals surface area contributed by atoms with Crippen LogP contribution in [0, 0.1) is 12.7 Å². The van der Waals surface area contributed by atoms with E-state index in [0.29, 0.717) is 0 Å². The number of hydrogen-bond acceptors (Lipinski definition) is 2. The molecule has 0 radical (unpaired) electrons. The molecule has 3 nitrogen and oxygen atoms in total. The van der Waals surface area contributed by atoms with Crippen molar-refractivity contribution in [2.45, 2.75) is 39.2 Å². The van der Waals surface area contributed by atoms with E-state index in [9.17, 15) is 9.18 Å². The summed E-state index contributed by atoms with van der Waals surface area (Å²) in [6.45, 7) is 3.81. The van der Waals surface area contributed by atoms with Gasteiger partial charge in [-0.2, -0.15) is 0 Å². The number of carbonyl (C=O) groups is 1. The number of amides is 1. The number of carbonyl (C=O) groups excluding carboxylic acids is 1. The number of aryl methyl sites for hydroxylation is 1. The topological polar surface area (TPSA) is 55.1 Å². The van der Waals surface area contributed by atoms with Gasteiger partial charge < -0.3 is 11.1 Å². The molecule has 1 aromatic carbocycles. The van der Waals surface area contributed by atoms with E-state index >= 15 is 0 Å². The first-order chi connectivity index (χ1) is 8.02. The highest BCUT2D eigenvalue weighted by molar-refractivity contribution is 5.91. The number of hydrogen-bond donors (Lipinski definition) is 2. The number of nitrogens with two attached hydrogens (primary N) is 1. The predicted octanol–water partition coefficient (Wildman–Crippen LogP) is 2.59. The van der Waals surface area contributed by atoms with Gasteiger partial charge in [-0.25, -0.2) is 4.39 Å². The smallest absolute Gasteiger partial charge is 0.226 e. The summed E-state index contributed by atoms with van der Waals surface area (Å²) in [6.07, 6.45) is 1.96. The fourth-order valence-corrected chi connectivity index (χ4v) is 1.63. The Balaban J connectivity index is 2.56. The van der Waals surface area contributed by atoms with Crippen molar-refractivity contribution in [2.24, 2.45) is 5.73 Å². The van der Waals surface area contributed by atoms with Gasteiger partial charge in [0.15, 0.2) is 0 Å². The Morgan fingerprint density at radius 2 is 2.24 bits per heavy atom. The van der Waals surface area contributed by atoms with Crippen molar-refractivity contribution in [1.82, 2.24) is 0 Å². The van der Waals surface area contributed by atoms with Crippen LogP contribution in [0.3, 0.4) is 0 Å². The number of anilines is 1. The Bertz CT molecular complexity index is 393. The lowest BCUT2D eigenvalue weighted by Crippen LogP contribution is -2.27. The Morgan fingerprint density at radius 1 is 1.53 bits per heavy atom. The second-order valence-electron chi connectivity index (χ2n) is 4.28. The molecule has 0 aliphatic heterocycles. The molecule has 0 aliphatic carbocycles. The van der Waals surface area contributed by atoms with E-state index in [0.717, 1.165) is 18.4 Å². The van der Waals surface area contributed by atoms with E-state index in [1.807, 2.05) is 6.92 Å². The first-order valence-electron chi connectivity index (χ1n) is 5.84. The van der Waals surface area contributed by atoms with E-state index in [1.165, 1.54) is 6.07 Å². The van der Waals surface area contributed by atoms with Crippen molar-refractivity contribution in [1.29, 1.82) is 0 Å². The zero-order chi connectivity index (χ0) is 12.8. The summed E-state index contributed by atoms with van der Waals surface area (Å²) >= 11 is 0. The highest BCUT2D eigenvalue weighted by Gasteiger charge is 2.11. The van der Waals surface area contributed by atoms with E-state index in [-0.39, 0.29) is 24.1 Å². The maximum absolute atomic E-state index is 13.5. The number of benzene rings is 1. The number of halogens is 1. The van der Waals surface area contributed by atoms with E-state index in [4.69, 9.17) is 5.73 Å². The number of rotatable bonds is 5. The van der Waals surface area contributed by atoms with E-state index < -0.39 is 5.82 Å². The third-order valence-electron chi connectivity index (χ3n) is 2.51. The van der Waals surface area contributed by atoms with Gasteiger partial charge in [-0.1, -0.05) is 19.4 Å². The molecule has 0 bridgehead atoms. The van der Waals surface area contributed by atoms with Gasteiger partial charge in [0, 0.05) is 12.5 Å². The van der Waals surface area contributed by atoms with Gasteiger partial charge in [0.25, 0.3) is 0 Å². The predicted molar refractivity (Wildman–Crippen MR) is 67.3 cm³/mol. The molecule has 17 heavy (non-hydrogen) atoms. The van der Waals surface area contributed by atoms with Gasteiger partial charge in [0.2, 0.25) is 5.91 Å². The molecule has 1 rings (SSSR count). The Morgan fingerprint density at radius 3 is 2.82 bits per heavy atom. The molecule has 1 aromatic rings. The van der Waals surface area contributed by atoms with Crippen LogP contribution in [0.4, 0.5) is 10.1 Å².